The van der Waals surface area contributed by atoms with Crippen LogP contribution in [0.3, 0.4) is 0 Å². The zero-order valence-electron chi connectivity index (χ0n) is 18.3. The molecule has 0 heterocycles. The van der Waals surface area contributed by atoms with Gasteiger partial charge in [-0.1, -0.05) is 48.5 Å². The highest BCUT2D eigenvalue weighted by atomic mass is 32.2. The quantitative estimate of drug-likeness (QED) is 0.507. The minimum absolute atomic E-state index is 0.0810. The first kappa shape index (κ1) is 23.5. The van der Waals surface area contributed by atoms with Crippen LogP contribution in [0.4, 0.5) is 0 Å². The van der Waals surface area contributed by atoms with E-state index in [1.165, 1.54) is 11.4 Å². The average molecular weight is 453 g/mol. The molecule has 3 rings (SSSR count). The number of nitrogens with one attached hydrogen (secondary N) is 1. The fraction of sp³-hybridized carbons (Fsp3) is 0.240. The molecule has 3 aromatic carbocycles. The second kappa shape index (κ2) is 10.9. The molecule has 0 aromatic heterocycles. The predicted molar refractivity (Wildman–Crippen MR) is 125 cm³/mol. The van der Waals surface area contributed by atoms with Crippen LogP contribution in [0.5, 0.6) is 5.75 Å². The van der Waals surface area contributed by atoms with Gasteiger partial charge in [-0.15, -0.1) is 0 Å². The Hall–Kier alpha value is -3.16. The van der Waals surface area contributed by atoms with E-state index in [1.54, 1.807) is 48.5 Å². The monoisotopic (exact) mass is 452 g/mol. The standard InChI is InChI=1S/C25H28N2O4S/c1-3-31-24-15-14-21(25(28)26-17-16-20-10-6-4-7-11-20)18-22(24)19-27(2)32(29,30)23-12-8-5-9-13-23/h4-15,18H,3,16-17,19H2,1-2H3,(H,26,28). The molecular weight excluding hydrogens is 424 g/mol. The van der Waals surface area contributed by atoms with Crippen LogP contribution in [0.2, 0.25) is 0 Å². The van der Waals surface area contributed by atoms with Gasteiger partial charge in [0.25, 0.3) is 5.91 Å². The van der Waals surface area contributed by atoms with Crippen molar-refractivity contribution in [1.29, 1.82) is 0 Å². The summed E-state index contributed by atoms with van der Waals surface area (Å²) < 4.78 is 32.8. The predicted octanol–water partition coefficient (Wildman–Crippen LogP) is 3.88. The first-order valence-corrected chi connectivity index (χ1v) is 11.9. The molecule has 6 nitrogen and oxygen atoms in total. The highest BCUT2D eigenvalue weighted by molar-refractivity contribution is 7.89. The lowest BCUT2D eigenvalue weighted by Gasteiger charge is -2.20. The van der Waals surface area contributed by atoms with E-state index in [4.69, 9.17) is 4.74 Å². The molecule has 0 radical (unpaired) electrons. The molecule has 7 heteroatoms. The molecule has 1 N–H and O–H groups in total. The van der Waals surface area contributed by atoms with Gasteiger partial charge < -0.3 is 10.1 Å². The topological polar surface area (TPSA) is 75.7 Å². The van der Waals surface area contributed by atoms with Crippen LogP contribution in [0.25, 0.3) is 0 Å². The maximum Gasteiger partial charge on any atom is 0.251 e. The molecule has 0 spiro atoms. The summed E-state index contributed by atoms with van der Waals surface area (Å²) in [5.41, 5.74) is 2.24. The lowest BCUT2D eigenvalue weighted by atomic mass is 10.1. The van der Waals surface area contributed by atoms with Crippen molar-refractivity contribution in [2.75, 3.05) is 20.2 Å². The summed E-state index contributed by atoms with van der Waals surface area (Å²) in [5.74, 6) is 0.349. The maximum absolute atomic E-state index is 12.9. The van der Waals surface area contributed by atoms with Crippen molar-refractivity contribution in [1.82, 2.24) is 9.62 Å². The Labute approximate surface area is 189 Å². The van der Waals surface area contributed by atoms with E-state index in [1.807, 2.05) is 37.3 Å². The Morgan fingerprint density at radius 3 is 2.28 bits per heavy atom. The Balaban J connectivity index is 1.74. The van der Waals surface area contributed by atoms with Crippen molar-refractivity contribution < 1.29 is 17.9 Å². The second-order valence-corrected chi connectivity index (χ2v) is 9.37. The fourth-order valence-electron chi connectivity index (χ4n) is 3.30. The number of amides is 1. The summed E-state index contributed by atoms with van der Waals surface area (Å²) >= 11 is 0. The van der Waals surface area contributed by atoms with Crippen LogP contribution >= 0.6 is 0 Å². The van der Waals surface area contributed by atoms with Crippen LogP contribution < -0.4 is 10.1 Å². The molecule has 0 fully saturated rings. The van der Waals surface area contributed by atoms with Crippen molar-refractivity contribution in [3.63, 3.8) is 0 Å². The Morgan fingerprint density at radius 2 is 1.62 bits per heavy atom. The molecule has 0 saturated carbocycles. The van der Waals surface area contributed by atoms with E-state index < -0.39 is 10.0 Å². The summed E-state index contributed by atoms with van der Waals surface area (Å²) in [5, 5.41) is 2.92. The highest BCUT2D eigenvalue weighted by Crippen LogP contribution is 2.24. The van der Waals surface area contributed by atoms with Crippen molar-refractivity contribution in [3.05, 3.63) is 95.6 Å². The third-order valence-corrected chi connectivity index (χ3v) is 6.83. The summed E-state index contributed by atoms with van der Waals surface area (Å²) in [6.45, 7) is 2.88. The van der Waals surface area contributed by atoms with Crippen molar-refractivity contribution in [3.8, 4) is 5.75 Å². The Kier molecular flexibility index (Phi) is 8.03. The van der Waals surface area contributed by atoms with Crippen LogP contribution in [-0.2, 0) is 23.0 Å². The minimum atomic E-state index is -3.67. The lowest BCUT2D eigenvalue weighted by molar-refractivity contribution is 0.0954. The molecular formula is C25H28N2O4S. The van der Waals surface area contributed by atoms with Crippen LogP contribution in [0, 0.1) is 0 Å². The number of hydrogen-bond donors (Lipinski definition) is 1. The molecule has 168 valence electrons. The number of carbonyl (C=O) groups excluding carboxylic acids is 1. The first-order valence-electron chi connectivity index (χ1n) is 10.5. The zero-order valence-corrected chi connectivity index (χ0v) is 19.1. The molecule has 1 amide bonds. The van der Waals surface area contributed by atoms with Gasteiger partial charge in [0.2, 0.25) is 10.0 Å². The van der Waals surface area contributed by atoms with Gasteiger partial charge in [-0.2, -0.15) is 4.31 Å². The molecule has 0 atom stereocenters. The van der Waals surface area contributed by atoms with E-state index >= 15 is 0 Å². The molecule has 0 unspecified atom stereocenters. The molecule has 0 aliphatic heterocycles. The van der Waals surface area contributed by atoms with Gasteiger partial charge in [0, 0.05) is 31.3 Å². The van der Waals surface area contributed by atoms with Gasteiger partial charge >= 0.3 is 0 Å². The number of benzene rings is 3. The third kappa shape index (κ3) is 5.96. The van der Waals surface area contributed by atoms with Gasteiger partial charge in [-0.3, -0.25) is 4.79 Å². The number of ether oxygens (including phenoxy) is 1. The van der Waals surface area contributed by atoms with Crippen LogP contribution in [0.15, 0.2) is 83.8 Å². The fourth-order valence-corrected chi connectivity index (χ4v) is 4.47. The maximum atomic E-state index is 12.9. The van der Waals surface area contributed by atoms with Crippen molar-refractivity contribution in [2.45, 2.75) is 24.8 Å². The van der Waals surface area contributed by atoms with Crippen molar-refractivity contribution >= 4 is 15.9 Å². The van der Waals surface area contributed by atoms with Gasteiger partial charge in [-0.05, 0) is 49.2 Å². The minimum Gasteiger partial charge on any atom is -0.494 e. The van der Waals surface area contributed by atoms with Crippen molar-refractivity contribution in [2.24, 2.45) is 0 Å². The van der Waals surface area contributed by atoms with Gasteiger partial charge in [-0.25, -0.2) is 8.42 Å². The number of carbonyl (C=O) groups is 1. The summed E-state index contributed by atoms with van der Waals surface area (Å²) in [6.07, 6.45) is 0.731. The molecule has 0 saturated heterocycles. The second-order valence-electron chi connectivity index (χ2n) is 7.32. The highest BCUT2D eigenvalue weighted by Gasteiger charge is 2.22. The van der Waals surface area contributed by atoms with Crippen LogP contribution in [-0.4, -0.2) is 38.8 Å². The number of sulfonamides is 1. The molecule has 32 heavy (non-hydrogen) atoms. The van der Waals surface area contributed by atoms with Gasteiger partial charge in [0.05, 0.1) is 11.5 Å². The Morgan fingerprint density at radius 1 is 0.969 bits per heavy atom. The van der Waals surface area contributed by atoms with E-state index in [-0.39, 0.29) is 17.3 Å². The van der Waals surface area contributed by atoms with E-state index in [9.17, 15) is 13.2 Å². The SMILES string of the molecule is CCOc1ccc(C(=O)NCCc2ccccc2)cc1CN(C)S(=O)(=O)c1ccccc1. The third-order valence-electron chi connectivity index (χ3n) is 5.01. The van der Waals surface area contributed by atoms with Gasteiger partial charge in [0.15, 0.2) is 0 Å². The smallest absolute Gasteiger partial charge is 0.251 e. The summed E-state index contributed by atoms with van der Waals surface area (Å²) in [4.78, 5) is 12.9. The van der Waals surface area contributed by atoms with E-state index in [2.05, 4.69) is 5.32 Å². The number of nitrogens with zero attached hydrogens (tertiary/aromatic N) is 1. The molecule has 0 bridgehead atoms. The molecule has 0 aliphatic carbocycles. The van der Waals surface area contributed by atoms with E-state index in [0.29, 0.717) is 30.0 Å². The lowest BCUT2D eigenvalue weighted by Crippen LogP contribution is -2.28. The first-order chi connectivity index (χ1) is 15.4. The summed E-state index contributed by atoms with van der Waals surface area (Å²) in [7, 11) is -2.15. The molecule has 3 aromatic rings. The molecule has 0 aliphatic rings. The normalized spacial score (nSPS) is 11.3. The number of hydrogen-bond acceptors (Lipinski definition) is 4. The van der Waals surface area contributed by atoms with Crippen LogP contribution in [0.1, 0.15) is 28.4 Å². The zero-order chi connectivity index (χ0) is 23.0. The Bertz CT molecular complexity index is 1130. The summed E-state index contributed by atoms with van der Waals surface area (Å²) in [6, 6.07) is 23.3. The number of rotatable bonds is 10. The van der Waals surface area contributed by atoms with E-state index in [0.717, 1.165) is 12.0 Å². The van der Waals surface area contributed by atoms with Gasteiger partial charge in [0.1, 0.15) is 5.75 Å². The average Bonchev–Trinajstić information content (AvgIpc) is 2.81. The largest absolute Gasteiger partial charge is 0.494 e.